The number of amides is 1. The summed E-state index contributed by atoms with van der Waals surface area (Å²) in [6.45, 7) is 5.38. The fraction of sp³-hybridized carbons (Fsp3) is 0.522. The van der Waals surface area contributed by atoms with Crippen molar-refractivity contribution in [3.63, 3.8) is 0 Å². The van der Waals surface area contributed by atoms with Crippen LogP contribution in [0.1, 0.15) is 45.4 Å². The van der Waals surface area contributed by atoms with Gasteiger partial charge in [0.2, 0.25) is 5.91 Å². The molecule has 0 saturated carbocycles. The summed E-state index contributed by atoms with van der Waals surface area (Å²) in [5.74, 6) is -0.0497. The molecule has 1 amide bonds. The Balaban J connectivity index is 1.44. The van der Waals surface area contributed by atoms with Crippen molar-refractivity contribution in [1.29, 1.82) is 0 Å². The number of nitrogens with zero attached hydrogens (tertiary/aromatic N) is 3. The molecule has 1 aromatic carbocycles. The Morgan fingerprint density at radius 3 is 2.73 bits per heavy atom. The van der Waals surface area contributed by atoms with E-state index in [-0.39, 0.29) is 24.4 Å². The van der Waals surface area contributed by atoms with E-state index < -0.39 is 0 Å². The Morgan fingerprint density at radius 1 is 1.17 bits per heavy atom. The summed E-state index contributed by atoms with van der Waals surface area (Å²) in [7, 11) is 0. The van der Waals surface area contributed by atoms with Gasteiger partial charge in [-0.15, -0.1) is 0 Å². The van der Waals surface area contributed by atoms with E-state index in [0.29, 0.717) is 23.3 Å². The molecule has 1 atom stereocenters. The van der Waals surface area contributed by atoms with Crippen molar-refractivity contribution in [2.75, 3.05) is 19.6 Å². The van der Waals surface area contributed by atoms with Gasteiger partial charge in [-0.25, -0.2) is 4.68 Å². The number of likely N-dealkylation sites (tertiary alicyclic amines) is 1. The fourth-order valence-electron chi connectivity index (χ4n) is 4.01. The highest BCUT2D eigenvalue weighted by Crippen LogP contribution is 2.19. The zero-order valence-corrected chi connectivity index (χ0v) is 18.4. The molecule has 30 heavy (non-hydrogen) atoms. The maximum atomic E-state index is 12.2. The molecule has 1 fully saturated rings. The van der Waals surface area contributed by atoms with Crippen LogP contribution in [0.5, 0.6) is 0 Å². The van der Waals surface area contributed by atoms with Crippen molar-refractivity contribution in [3.05, 3.63) is 51.8 Å². The highest BCUT2D eigenvalue weighted by atomic mass is 35.5. The lowest BCUT2D eigenvalue weighted by molar-refractivity contribution is -0.121. The fourth-order valence-corrected chi connectivity index (χ4v) is 4.13. The number of rotatable bonds is 9. The van der Waals surface area contributed by atoms with Gasteiger partial charge in [0.1, 0.15) is 0 Å². The first-order valence-corrected chi connectivity index (χ1v) is 11.3. The van der Waals surface area contributed by atoms with Crippen molar-refractivity contribution >= 4 is 17.5 Å². The first kappa shape index (κ1) is 22.5. The molecule has 6 nitrogen and oxygen atoms in total. The quantitative estimate of drug-likeness (QED) is 0.615. The topological polar surface area (TPSA) is 67.2 Å². The maximum Gasteiger partial charge on any atom is 0.266 e. The van der Waals surface area contributed by atoms with Crippen molar-refractivity contribution in [2.45, 2.75) is 58.0 Å². The summed E-state index contributed by atoms with van der Waals surface area (Å²) in [4.78, 5) is 26.9. The smallest absolute Gasteiger partial charge is 0.266 e. The summed E-state index contributed by atoms with van der Waals surface area (Å²) >= 11 is 5.93. The molecule has 162 valence electrons. The zero-order chi connectivity index (χ0) is 21.3. The van der Waals surface area contributed by atoms with Crippen molar-refractivity contribution in [3.8, 4) is 11.3 Å². The lowest BCUT2D eigenvalue weighted by Crippen LogP contribution is -2.40. The van der Waals surface area contributed by atoms with Gasteiger partial charge in [0.05, 0.1) is 12.2 Å². The van der Waals surface area contributed by atoms with Crippen molar-refractivity contribution in [2.24, 2.45) is 0 Å². The minimum absolute atomic E-state index is 0.0497. The zero-order valence-electron chi connectivity index (χ0n) is 17.6. The predicted molar refractivity (Wildman–Crippen MR) is 121 cm³/mol. The van der Waals surface area contributed by atoms with E-state index in [2.05, 4.69) is 22.2 Å². The summed E-state index contributed by atoms with van der Waals surface area (Å²) in [5.41, 5.74) is 1.34. The van der Waals surface area contributed by atoms with Crippen molar-refractivity contribution in [1.82, 2.24) is 20.0 Å². The van der Waals surface area contributed by atoms with Gasteiger partial charge in [0, 0.05) is 42.2 Å². The average Bonchev–Trinajstić information content (AvgIpc) is 2.77. The number of hydrogen-bond donors (Lipinski definition) is 1. The van der Waals surface area contributed by atoms with E-state index in [4.69, 9.17) is 11.6 Å². The Morgan fingerprint density at radius 2 is 1.97 bits per heavy atom. The van der Waals surface area contributed by atoms with Crippen LogP contribution in [-0.2, 0) is 11.3 Å². The van der Waals surface area contributed by atoms with E-state index >= 15 is 0 Å². The molecular formula is C23H31ClN4O2. The number of carbonyl (C=O) groups is 1. The van der Waals surface area contributed by atoms with E-state index in [1.54, 1.807) is 18.2 Å². The van der Waals surface area contributed by atoms with Gasteiger partial charge in [0.25, 0.3) is 5.56 Å². The molecular weight excluding hydrogens is 400 g/mol. The second-order valence-corrected chi connectivity index (χ2v) is 8.27. The van der Waals surface area contributed by atoms with Gasteiger partial charge in [-0.3, -0.25) is 9.59 Å². The summed E-state index contributed by atoms with van der Waals surface area (Å²) in [6.07, 6.45) is 6.28. The van der Waals surface area contributed by atoms with E-state index in [1.807, 2.05) is 12.1 Å². The minimum atomic E-state index is -0.212. The number of piperidine rings is 1. The number of hydrogen-bond acceptors (Lipinski definition) is 4. The van der Waals surface area contributed by atoms with Crippen LogP contribution < -0.4 is 10.9 Å². The second kappa shape index (κ2) is 11.3. The number of benzene rings is 1. The molecule has 2 aromatic rings. The van der Waals surface area contributed by atoms with Crippen LogP contribution in [0.3, 0.4) is 0 Å². The SMILES string of the molecule is CCC1CCCCN1CCCNC(=O)CCn1nc(-c2ccc(Cl)cc2)ccc1=O. The van der Waals surface area contributed by atoms with Crippen molar-refractivity contribution < 1.29 is 4.79 Å². The molecule has 0 aliphatic carbocycles. The molecule has 1 aliphatic heterocycles. The number of aryl methyl sites for hydroxylation is 1. The van der Waals surface area contributed by atoms with Crippen LogP contribution in [0.15, 0.2) is 41.2 Å². The third-order valence-corrected chi connectivity index (χ3v) is 5.97. The molecule has 1 aromatic heterocycles. The molecule has 0 radical (unpaired) electrons. The van der Waals surface area contributed by atoms with Gasteiger partial charge in [-0.05, 0) is 50.4 Å². The molecule has 2 heterocycles. The Bertz CT molecular complexity index is 882. The molecule has 1 saturated heterocycles. The van der Waals surface area contributed by atoms with E-state index in [9.17, 15) is 9.59 Å². The molecule has 1 N–H and O–H groups in total. The highest BCUT2D eigenvalue weighted by Gasteiger charge is 2.19. The summed E-state index contributed by atoms with van der Waals surface area (Å²) < 4.78 is 1.35. The first-order chi connectivity index (χ1) is 14.6. The molecule has 0 spiro atoms. The molecule has 1 aliphatic rings. The Hall–Kier alpha value is -2.18. The van der Waals surface area contributed by atoms with Gasteiger partial charge in [-0.2, -0.15) is 5.10 Å². The highest BCUT2D eigenvalue weighted by molar-refractivity contribution is 6.30. The number of nitrogens with one attached hydrogen (secondary N) is 1. The second-order valence-electron chi connectivity index (χ2n) is 7.83. The van der Waals surface area contributed by atoms with Crippen LogP contribution in [0.25, 0.3) is 11.3 Å². The number of halogens is 1. The van der Waals surface area contributed by atoms with Gasteiger partial charge < -0.3 is 10.2 Å². The van der Waals surface area contributed by atoms with Gasteiger partial charge in [-0.1, -0.05) is 37.1 Å². The van der Waals surface area contributed by atoms with Crippen LogP contribution in [-0.4, -0.2) is 46.3 Å². The number of aromatic nitrogens is 2. The van der Waals surface area contributed by atoms with Crippen LogP contribution in [0.2, 0.25) is 5.02 Å². The number of carbonyl (C=O) groups excluding carboxylic acids is 1. The average molecular weight is 431 g/mol. The van der Waals surface area contributed by atoms with Gasteiger partial charge >= 0.3 is 0 Å². The third-order valence-electron chi connectivity index (χ3n) is 5.72. The van der Waals surface area contributed by atoms with Crippen LogP contribution in [0, 0.1) is 0 Å². The standard InChI is InChI=1S/C23H31ClN4O2/c1-2-20-6-3-4-15-27(20)16-5-14-25-22(29)13-17-28-23(30)12-11-21(26-28)18-7-9-19(24)10-8-18/h7-12,20H,2-6,13-17H2,1H3,(H,25,29). The normalized spacial score (nSPS) is 17.1. The van der Waals surface area contributed by atoms with Crippen LogP contribution >= 0.6 is 11.6 Å². The van der Waals surface area contributed by atoms with Crippen LogP contribution in [0.4, 0.5) is 0 Å². The maximum absolute atomic E-state index is 12.2. The Kier molecular flexibility index (Phi) is 8.46. The molecule has 1 unspecified atom stereocenters. The first-order valence-electron chi connectivity index (χ1n) is 10.9. The Labute approximate surface area is 183 Å². The lowest BCUT2D eigenvalue weighted by atomic mass is 10.00. The van der Waals surface area contributed by atoms with E-state index in [0.717, 1.165) is 18.5 Å². The largest absolute Gasteiger partial charge is 0.356 e. The lowest BCUT2D eigenvalue weighted by Gasteiger charge is -2.35. The summed E-state index contributed by atoms with van der Waals surface area (Å²) in [6, 6.07) is 11.2. The molecule has 0 bridgehead atoms. The molecule has 3 rings (SSSR count). The monoisotopic (exact) mass is 430 g/mol. The predicted octanol–water partition coefficient (Wildman–Crippen LogP) is 3.72. The summed E-state index contributed by atoms with van der Waals surface area (Å²) in [5, 5.41) is 8.02. The third kappa shape index (κ3) is 6.41. The van der Waals surface area contributed by atoms with Gasteiger partial charge in [0.15, 0.2) is 0 Å². The molecule has 7 heteroatoms. The van der Waals surface area contributed by atoms with E-state index in [1.165, 1.54) is 43.0 Å². The minimum Gasteiger partial charge on any atom is -0.356 e.